The van der Waals surface area contributed by atoms with Crippen LogP contribution in [0, 0.1) is 30.6 Å². The number of allylic oxidation sites excluding steroid dienone is 9. The van der Waals surface area contributed by atoms with Crippen molar-refractivity contribution >= 4 is 0 Å². The van der Waals surface area contributed by atoms with Crippen molar-refractivity contribution in [2.24, 2.45) is 5.92 Å². The average Bonchev–Trinajstić information content (AvgIpc) is 3.26. The SMILES string of the molecule is C#CCOC(=C)/C=C\C(=C/C)C1(/C(C=C)=C/C=C(\CC(C)CC)OCC#C)c2ccccc2-c2ccccc21. The van der Waals surface area contributed by atoms with E-state index < -0.39 is 5.41 Å². The standard InChI is InChI=1S/C37H38O2/c1-8-25-38-29(7)21-22-30(11-4)37(31(12-5)23-24-32(39-26-9-2)27-28(6)10-3)35-19-15-13-17-33(35)34-18-14-16-20-36(34)37/h1-2,11-24,28H,5,7,10,25-27H2,3-4,6H3/b22-21-,30-11+,31-23+,32-24+. The Bertz CT molecular complexity index is 1350. The van der Waals surface area contributed by atoms with E-state index in [2.05, 4.69) is 119 Å². The van der Waals surface area contributed by atoms with Gasteiger partial charge in [-0.2, -0.15) is 0 Å². The van der Waals surface area contributed by atoms with E-state index in [-0.39, 0.29) is 13.2 Å². The molecular weight excluding hydrogens is 476 g/mol. The van der Waals surface area contributed by atoms with Crippen LogP contribution in [0.3, 0.4) is 0 Å². The van der Waals surface area contributed by atoms with Gasteiger partial charge in [-0.3, -0.25) is 0 Å². The third-order valence-corrected chi connectivity index (χ3v) is 7.18. The van der Waals surface area contributed by atoms with Gasteiger partial charge in [0.25, 0.3) is 0 Å². The molecule has 2 aromatic carbocycles. The first-order valence-corrected chi connectivity index (χ1v) is 13.4. The number of benzene rings is 2. The van der Waals surface area contributed by atoms with Gasteiger partial charge in [0.15, 0.2) is 0 Å². The Morgan fingerprint density at radius 3 is 2.05 bits per heavy atom. The van der Waals surface area contributed by atoms with Crippen molar-refractivity contribution in [3.8, 4) is 35.8 Å². The monoisotopic (exact) mass is 514 g/mol. The summed E-state index contributed by atoms with van der Waals surface area (Å²) in [6.07, 6.45) is 25.0. The summed E-state index contributed by atoms with van der Waals surface area (Å²) in [6, 6.07) is 17.1. The van der Waals surface area contributed by atoms with Crippen molar-refractivity contribution in [2.45, 2.75) is 39.0 Å². The van der Waals surface area contributed by atoms with E-state index in [0.717, 1.165) is 29.7 Å². The van der Waals surface area contributed by atoms with Gasteiger partial charge in [0.2, 0.25) is 0 Å². The number of fused-ring (bicyclic) bond motifs is 3. The van der Waals surface area contributed by atoms with Crippen LogP contribution < -0.4 is 0 Å². The summed E-state index contributed by atoms with van der Waals surface area (Å²) in [6.45, 7) is 15.2. The summed E-state index contributed by atoms with van der Waals surface area (Å²) in [5.74, 6) is 6.93. The van der Waals surface area contributed by atoms with Gasteiger partial charge < -0.3 is 9.47 Å². The maximum Gasteiger partial charge on any atom is 0.148 e. The highest BCUT2D eigenvalue weighted by Crippen LogP contribution is 2.57. The highest BCUT2D eigenvalue weighted by atomic mass is 16.5. The lowest BCUT2D eigenvalue weighted by Crippen LogP contribution is -2.29. The minimum atomic E-state index is -0.614. The minimum Gasteiger partial charge on any atom is -0.485 e. The zero-order valence-corrected chi connectivity index (χ0v) is 23.4. The lowest BCUT2D eigenvalue weighted by molar-refractivity contribution is 0.229. The second-order valence-corrected chi connectivity index (χ2v) is 9.55. The summed E-state index contributed by atoms with van der Waals surface area (Å²) in [7, 11) is 0. The van der Waals surface area contributed by atoms with Gasteiger partial charge in [-0.25, -0.2) is 0 Å². The first-order chi connectivity index (χ1) is 19.0. The third-order valence-electron chi connectivity index (χ3n) is 7.18. The van der Waals surface area contributed by atoms with E-state index in [1.165, 1.54) is 22.3 Å². The molecular formula is C37H38O2. The Hall–Kier alpha value is -4.40. The first-order valence-electron chi connectivity index (χ1n) is 13.4. The molecule has 1 aliphatic rings. The Kier molecular flexibility index (Phi) is 10.4. The van der Waals surface area contributed by atoms with Crippen LogP contribution >= 0.6 is 0 Å². The van der Waals surface area contributed by atoms with Crippen LogP contribution in [0.4, 0.5) is 0 Å². The predicted molar refractivity (Wildman–Crippen MR) is 165 cm³/mol. The predicted octanol–water partition coefficient (Wildman–Crippen LogP) is 8.70. The molecule has 2 heteroatoms. The van der Waals surface area contributed by atoms with Crippen molar-refractivity contribution < 1.29 is 9.47 Å². The minimum absolute atomic E-state index is 0.171. The molecule has 1 aliphatic carbocycles. The molecule has 0 N–H and O–H groups in total. The van der Waals surface area contributed by atoms with Gasteiger partial charge in [0, 0.05) is 6.42 Å². The molecule has 0 aromatic heterocycles. The molecule has 0 bridgehead atoms. The fourth-order valence-electron chi connectivity index (χ4n) is 5.15. The van der Waals surface area contributed by atoms with E-state index in [1.807, 2.05) is 12.2 Å². The van der Waals surface area contributed by atoms with Crippen molar-refractivity contribution in [3.05, 3.63) is 132 Å². The average molecular weight is 515 g/mol. The van der Waals surface area contributed by atoms with Gasteiger partial charge in [0.05, 0.1) is 11.2 Å². The molecule has 2 aromatic rings. The zero-order valence-electron chi connectivity index (χ0n) is 23.4. The first kappa shape index (κ1) is 29.2. The van der Waals surface area contributed by atoms with E-state index in [1.54, 1.807) is 0 Å². The molecule has 0 saturated heterocycles. The second kappa shape index (κ2) is 13.9. The molecule has 0 amide bonds. The Morgan fingerprint density at radius 2 is 1.51 bits per heavy atom. The van der Waals surface area contributed by atoms with E-state index in [9.17, 15) is 0 Å². The van der Waals surface area contributed by atoms with Crippen LogP contribution in [0.1, 0.15) is 44.7 Å². The molecule has 198 valence electrons. The Balaban J connectivity index is 2.30. The number of hydrogen-bond donors (Lipinski definition) is 0. The Labute approximate surface area is 235 Å². The van der Waals surface area contributed by atoms with Gasteiger partial charge >= 0.3 is 0 Å². The van der Waals surface area contributed by atoms with E-state index in [0.29, 0.717) is 11.7 Å². The normalized spacial score (nSPS) is 15.1. The highest BCUT2D eigenvalue weighted by molar-refractivity contribution is 5.87. The Morgan fingerprint density at radius 1 is 0.923 bits per heavy atom. The third kappa shape index (κ3) is 6.19. The van der Waals surface area contributed by atoms with Crippen LogP contribution in [0.5, 0.6) is 0 Å². The van der Waals surface area contributed by atoms with Crippen molar-refractivity contribution in [2.75, 3.05) is 13.2 Å². The molecule has 1 atom stereocenters. The highest BCUT2D eigenvalue weighted by Gasteiger charge is 2.46. The lowest BCUT2D eigenvalue weighted by atomic mass is 9.66. The molecule has 1 unspecified atom stereocenters. The topological polar surface area (TPSA) is 18.5 Å². The van der Waals surface area contributed by atoms with Crippen molar-refractivity contribution in [3.63, 3.8) is 0 Å². The summed E-state index contributed by atoms with van der Waals surface area (Å²) in [5, 5.41) is 0. The fraction of sp³-hybridized carbons (Fsp3) is 0.243. The summed E-state index contributed by atoms with van der Waals surface area (Å²) >= 11 is 0. The molecule has 2 nitrogen and oxygen atoms in total. The number of rotatable bonds is 13. The lowest BCUT2D eigenvalue weighted by Gasteiger charge is -2.35. The smallest absolute Gasteiger partial charge is 0.148 e. The van der Waals surface area contributed by atoms with Crippen LogP contribution in [-0.2, 0) is 14.9 Å². The van der Waals surface area contributed by atoms with Crippen LogP contribution in [0.15, 0.2) is 121 Å². The molecule has 0 aliphatic heterocycles. The molecule has 0 spiro atoms. The van der Waals surface area contributed by atoms with Gasteiger partial charge in [-0.05, 0) is 58.4 Å². The van der Waals surface area contributed by atoms with Gasteiger partial charge in [-0.15, -0.1) is 12.8 Å². The molecule has 39 heavy (non-hydrogen) atoms. The van der Waals surface area contributed by atoms with Gasteiger partial charge in [-0.1, -0.05) is 118 Å². The van der Waals surface area contributed by atoms with Gasteiger partial charge in [0.1, 0.15) is 19.0 Å². The van der Waals surface area contributed by atoms with Crippen LogP contribution in [0.2, 0.25) is 0 Å². The number of ether oxygens (including phenoxy) is 2. The summed E-state index contributed by atoms with van der Waals surface area (Å²) < 4.78 is 11.5. The fourth-order valence-corrected chi connectivity index (χ4v) is 5.15. The maximum absolute atomic E-state index is 5.97. The van der Waals surface area contributed by atoms with Crippen LogP contribution in [-0.4, -0.2) is 13.2 Å². The molecule has 0 fully saturated rings. The summed E-state index contributed by atoms with van der Waals surface area (Å²) in [4.78, 5) is 0. The number of terminal acetylenes is 2. The zero-order chi connectivity index (χ0) is 28.3. The molecule has 0 heterocycles. The number of hydrogen-bond acceptors (Lipinski definition) is 2. The van der Waals surface area contributed by atoms with Crippen molar-refractivity contribution in [1.82, 2.24) is 0 Å². The van der Waals surface area contributed by atoms with E-state index >= 15 is 0 Å². The van der Waals surface area contributed by atoms with E-state index in [4.69, 9.17) is 22.3 Å². The van der Waals surface area contributed by atoms with Crippen molar-refractivity contribution in [1.29, 1.82) is 0 Å². The molecule has 0 saturated carbocycles. The largest absolute Gasteiger partial charge is 0.485 e. The quantitative estimate of drug-likeness (QED) is 0.151. The molecule has 0 radical (unpaired) electrons. The molecule has 3 rings (SSSR count). The van der Waals surface area contributed by atoms with Crippen LogP contribution in [0.25, 0.3) is 11.1 Å². The summed E-state index contributed by atoms with van der Waals surface area (Å²) in [5.41, 5.74) is 6.25. The maximum atomic E-state index is 5.97. The second-order valence-electron chi connectivity index (χ2n) is 9.55.